The third kappa shape index (κ3) is 4.06. The van der Waals surface area contributed by atoms with Gasteiger partial charge >= 0.3 is 0 Å². The van der Waals surface area contributed by atoms with Crippen molar-refractivity contribution in [2.75, 3.05) is 18.6 Å². The van der Waals surface area contributed by atoms with Crippen molar-refractivity contribution in [2.24, 2.45) is 5.16 Å². The number of nitrogen functional groups attached to an aromatic ring is 1. The Hall–Kier alpha value is -4.05. The van der Waals surface area contributed by atoms with E-state index in [1.165, 1.54) is 25.3 Å². The minimum atomic E-state index is -1.48. The van der Waals surface area contributed by atoms with Crippen molar-refractivity contribution in [2.45, 2.75) is 18.0 Å². The Balaban J connectivity index is 1.36. The normalized spacial score (nSPS) is 20.0. The number of carbonyl (C=O) groups is 3. The van der Waals surface area contributed by atoms with E-state index >= 15 is 0 Å². The van der Waals surface area contributed by atoms with Crippen molar-refractivity contribution in [3.63, 3.8) is 0 Å². The number of carbonyl (C=O) groups excluding carboxylic acids is 3. The van der Waals surface area contributed by atoms with Crippen LogP contribution in [0.5, 0.6) is 0 Å². The SMILES string of the molecule is CON=C(C(=O)NC1C(=O)N2C(C(=O)[O-])=C(C[n+]3ccc4ocnc4c3)CS[C@@H]12)c1nsc(N)n1. The van der Waals surface area contributed by atoms with Crippen LogP contribution in [0, 0.1) is 0 Å². The van der Waals surface area contributed by atoms with Crippen molar-refractivity contribution in [1.82, 2.24) is 24.6 Å². The van der Waals surface area contributed by atoms with Gasteiger partial charge in [0.2, 0.25) is 11.5 Å². The lowest BCUT2D eigenvalue weighted by molar-refractivity contribution is -0.687. The number of hydrogen-bond acceptors (Lipinski definition) is 13. The summed E-state index contributed by atoms with van der Waals surface area (Å²) < 4.78 is 10.9. The molecule has 2 aliphatic heterocycles. The van der Waals surface area contributed by atoms with E-state index in [1.807, 2.05) is 0 Å². The minimum absolute atomic E-state index is 0.0505. The quantitative estimate of drug-likeness (QED) is 0.153. The molecule has 0 aliphatic carbocycles. The third-order valence-corrected chi connectivity index (χ3v) is 7.16. The Labute approximate surface area is 204 Å². The van der Waals surface area contributed by atoms with Gasteiger partial charge in [0.25, 0.3) is 11.8 Å². The molecule has 0 radical (unpaired) electrons. The zero-order valence-electron chi connectivity index (χ0n) is 17.9. The lowest BCUT2D eigenvalue weighted by atomic mass is 10.0. The molecule has 1 fully saturated rings. The van der Waals surface area contributed by atoms with Gasteiger partial charge in [0.05, 0.1) is 11.7 Å². The Morgan fingerprint density at radius 3 is 3.03 bits per heavy atom. The van der Waals surface area contributed by atoms with Gasteiger partial charge in [0.15, 0.2) is 41.6 Å². The van der Waals surface area contributed by atoms with E-state index in [9.17, 15) is 19.5 Å². The molecule has 16 heteroatoms. The molecule has 1 unspecified atom stereocenters. The Morgan fingerprint density at radius 1 is 1.49 bits per heavy atom. The van der Waals surface area contributed by atoms with Gasteiger partial charge in [-0.15, -0.1) is 11.8 Å². The molecule has 0 spiro atoms. The highest BCUT2D eigenvalue weighted by Gasteiger charge is 2.53. The van der Waals surface area contributed by atoms with Crippen molar-refractivity contribution < 1.29 is 33.3 Å². The number of nitrogens with zero attached hydrogens (tertiary/aromatic N) is 6. The van der Waals surface area contributed by atoms with Crippen LogP contribution >= 0.6 is 23.3 Å². The van der Waals surface area contributed by atoms with E-state index in [0.29, 0.717) is 22.4 Å². The van der Waals surface area contributed by atoms with Crippen molar-refractivity contribution in [1.29, 1.82) is 0 Å². The van der Waals surface area contributed by atoms with Gasteiger partial charge in [0, 0.05) is 28.9 Å². The molecule has 3 aromatic heterocycles. The first-order valence-electron chi connectivity index (χ1n) is 9.99. The van der Waals surface area contributed by atoms with E-state index < -0.39 is 29.2 Å². The number of amides is 2. The summed E-state index contributed by atoms with van der Waals surface area (Å²) in [5.74, 6) is -2.57. The molecule has 0 saturated carbocycles. The maximum absolute atomic E-state index is 12.9. The van der Waals surface area contributed by atoms with Crippen LogP contribution in [-0.4, -0.2) is 67.0 Å². The molecular weight excluding hydrogens is 500 g/mol. The van der Waals surface area contributed by atoms with Crippen LogP contribution in [0.4, 0.5) is 5.13 Å². The number of aliphatic carboxylic acids is 1. The topological polar surface area (TPSA) is 193 Å². The number of carboxylic acid groups (broad SMARTS) is 1. The highest BCUT2D eigenvalue weighted by atomic mass is 32.2. The lowest BCUT2D eigenvalue weighted by Crippen LogP contribution is -2.71. The molecule has 3 aromatic rings. The number of carboxylic acids is 1. The van der Waals surface area contributed by atoms with Crippen LogP contribution in [0.15, 0.2) is 45.7 Å². The number of nitrogens with one attached hydrogen (secondary N) is 1. The van der Waals surface area contributed by atoms with Gasteiger partial charge in [-0.05, 0) is 0 Å². The molecular formula is C19H16N8O6S2. The smallest absolute Gasteiger partial charge is 0.278 e. The van der Waals surface area contributed by atoms with E-state index in [1.54, 1.807) is 23.0 Å². The largest absolute Gasteiger partial charge is 0.543 e. The number of oxime groups is 1. The van der Waals surface area contributed by atoms with Crippen LogP contribution < -0.4 is 20.7 Å². The van der Waals surface area contributed by atoms with Crippen molar-refractivity contribution in [3.05, 3.63) is 41.9 Å². The second kappa shape index (κ2) is 8.95. The monoisotopic (exact) mass is 516 g/mol. The number of rotatable bonds is 7. The molecule has 0 bridgehead atoms. The fraction of sp³-hybridized carbons (Fsp3) is 0.263. The number of oxazole rings is 1. The summed E-state index contributed by atoms with van der Waals surface area (Å²) in [5.41, 5.74) is 6.79. The van der Waals surface area contributed by atoms with Crippen molar-refractivity contribution in [3.8, 4) is 0 Å². The molecule has 3 N–H and O–H groups in total. The number of pyridine rings is 1. The summed E-state index contributed by atoms with van der Waals surface area (Å²) in [4.78, 5) is 51.6. The van der Waals surface area contributed by atoms with Gasteiger partial charge in [-0.3, -0.25) is 14.5 Å². The van der Waals surface area contributed by atoms with Gasteiger partial charge in [-0.2, -0.15) is 13.9 Å². The van der Waals surface area contributed by atoms with E-state index in [4.69, 9.17) is 15.0 Å². The minimum Gasteiger partial charge on any atom is -0.543 e. The Bertz CT molecular complexity index is 1410. The van der Waals surface area contributed by atoms with Crippen LogP contribution in [0.3, 0.4) is 0 Å². The molecule has 5 rings (SSSR count). The molecule has 14 nitrogen and oxygen atoms in total. The fourth-order valence-corrected chi connectivity index (χ4v) is 5.55. The first-order valence-corrected chi connectivity index (χ1v) is 11.8. The number of fused-ring (bicyclic) bond motifs is 2. The van der Waals surface area contributed by atoms with Gasteiger partial charge < -0.3 is 30.2 Å². The molecule has 35 heavy (non-hydrogen) atoms. The van der Waals surface area contributed by atoms with Crippen LogP contribution in [0.25, 0.3) is 11.1 Å². The molecule has 2 aliphatic rings. The summed E-state index contributed by atoms with van der Waals surface area (Å²) in [7, 11) is 1.24. The zero-order chi connectivity index (χ0) is 24.7. The van der Waals surface area contributed by atoms with E-state index in [2.05, 4.69) is 24.8 Å². The average Bonchev–Trinajstić information content (AvgIpc) is 3.48. The average molecular weight is 517 g/mol. The molecule has 1 saturated heterocycles. The van der Waals surface area contributed by atoms with Crippen LogP contribution in [-0.2, 0) is 25.8 Å². The van der Waals surface area contributed by atoms with Gasteiger partial charge in [-0.25, -0.2) is 4.98 Å². The number of thioether (sulfide) groups is 1. The van der Waals surface area contributed by atoms with Crippen LogP contribution in [0.2, 0.25) is 0 Å². The Morgan fingerprint density at radius 2 is 2.31 bits per heavy atom. The number of β-lactam (4-membered cyclic amide) rings is 1. The second-order valence-corrected chi connectivity index (χ2v) is 9.29. The summed E-state index contributed by atoms with van der Waals surface area (Å²) in [6.07, 6.45) is 4.75. The standard InChI is InChI=1S/C19H16N8O6S2/c1-32-24-11(14-23-19(20)35-25-14)15(28)22-12-16(29)27-13(18(30)31)8(6-34-17(12)27)4-26-3-2-10-9(5-26)21-7-33-10/h2-3,5,7,12,17H,4,6H2,1H3,(H3-,20,22,23,25,28,30,31)/t12?,17-/m0/s1. The lowest BCUT2D eigenvalue weighted by Gasteiger charge is -2.50. The number of nitrogens with two attached hydrogens (primary N) is 1. The predicted molar refractivity (Wildman–Crippen MR) is 119 cm³/mol. The predicted octanol–water partition coefficient (Wildman–Crippen LogP) is -2.00. The zero-order valence-corrected chi connectivity index (χ0v) is 19.5. The van der Waals surface area contributed by atoms with Gasteiger partial charge in [-0.1, -0.05) is 5.16 Å². The van der Waals surface area contributed by atoms with Crippen LogP contribution in [0.1, 0.15) is 5.82 Å². The molecule has 2 amide bonds. The summed E-state index contributed by atoms with van der Waals surface area (Å²) in [6.45, 7) is 0.203. The fourth-order valence-electron chi connectivity index (χ4n) is 3.78. The molecule has 180 valence electrons. The highest BCUT2D eigenvalue weighted by molar-refractivity contribution is 8.00. The summed E-state index contributed by atoms with van der Waals surface area (Å²) in [5, 5.41) is 17.7. The Kier molecular flexibility index (Phi) is 5.81. The number of aromatic nitrogens is 4. The van der Waals surface area contributed by atoms with Crippen molar-refractivity contribution >= 4 is 63.0 Å². The van der Waals surface area contributed by atoms with E-state index in [0.717, 1.165) is 16.4 Å². The number of hydrogen-bond donors (Lipinski definition) is 2. The first-order chi connectivity index (χ1) is 16.9. The second-order valence-electron chi connectivity index (χ2n) is 7.40. The summed E-state index contributed by atoms with van der Waals surface area (Å²) in [6, 6.07) is 0.727. The maximum atomic E-state index is 12.9. The highest BCUT2D eigenvalue weighted by Crippen LogP contribution is 2.40. The molecule has 5 heterocycles. The van der Waals surface area contributed by atoms with Gasteiger partial charge in [0.1, 0.15) is 18.5 Å². The summed E-state index contributed by atoms with van der Waals surface area (Å²) >= 11 is 2.19. The number of anilines is 1. The molecule has 0 aromatic carbocycles. The maximum Gasteiger partial charge on any atom is 0.278 e. The first kappa shape index (κ1) is 22.7. The molecule has 2 atom stereocenters. The third-order valence-electron chi connectivity index (χ3n) is 5.28. The van der Waals surface area contributed by atoms with E-state index in [-0.39, 0.29) is 28.9 Å².